The number of benzene rings is 1. The number of ether oxygens (including phenoxy) is 2. The van der Waals surface area contributed by atoms with Crippen LogP contribution in [0.5, 0.6) is 5.75 Å². The van der Waals surface area contributed by atoms with Gasteiger partial charge in [-0.1, -0.05) is 0 Å². The molecule has 0 aromatic heterocycles. The Morgan fingerprint density at radius 3 is 2.33 bits per heavy atom. The molecule has 82 valence electrons. The molecule has 0 unspecified atom stereocenters. The Morgan fingerprint density at radius 1 is 1.20 bits per heavy atom. The van der Waals surface area contributed by atoms with Crippen molar-refractivity contribution in [2.24, 2.45) is 0 Å². The second kappa shape index (κ2) is 5.07. The summed E-state index contributed by atoms with van der Waals surface area (Å²) in [5.41, 5.74) is 2.27. The van der Waals surface area contributed by atoms with Crippen LogP contribution in [-0.2, 0) is 4.74 Å². The van der Waals surface area contributed by atoms with Gasteiger partial charge in [-0.05, 0) is 48.9 Å². The quantitative estimate of drug-likeness (QED) is 0.573. The maximum atomic E-state index is 11.1. The minimum Gasteiger partial charge on any atom is -0.496 e. The Balaban J connectivity index is 3.05. The molecule has 0 spiro atoms. The molecule has 0 fully saturated rings. The molecule has 0 saturated heterocycles. The van der Waals surface area contributed by atoms with Crippen LogP contribution in [0.3, 0.4) is 0 Å². The number of aryl methyl sites for hydroxylation is 2. The predicted octanol–water partition coefficient (Wildman–Crippen LogP) is 3.17. The van der Waals surface area contributed by atoms with Crippen molar-refractivity contribution in [3.63, 3.8) is 0 Å². The van der Waals surface area contributed by atoms with Crippen LogP contribution in [0.1, 0.15) is 11.1 Å². The summed E-state index contributed by atoms with van der Waals surface area (Å²) in [4.78, 5) is 11.9. The second-order valence-corrected chi connectivity index (χ2v) is 4.12. The van der Waals surface area contributed by atoms with Crippen molar-refractivity contribution >= 4 is 17.1 Å². The molecular weight excluding hydrogens is 212 g/mol. The average Bonchev–Trinajstić information content (AvgIpc) is 2.22. The third-order valence-corrected chi connectivity index (χ3v) is 3.01. The van der Waals surface area contributed by atoms with E-state index in [2.05, 4.69) is 4.74 Å². The average molecular weight is 226 g/mol. The summed E-state index contributed by atoms with van der Waals surface area (Å²) >= 11 is 1.03. The van der Waals surface area contributed by atoms with Crippen LogP contribution in [-0.4, -0.2) is 19.5 Å². The van der Waals surface area contributed by atoms with E-state index in [0.717, 1.165) is 27.8 Å². The molecule has 0 aliphatic rings. The van der Waals surface area contributed by atoms with Gasteiger partial charge >= 0.3 is 5.30 Å². The number of hydrogen-bond acceptors (Lipinski definition) is 4. The third kappa shape index (κ3) is 2.89. The van der Waals surface area contributed by atoms with Crippen molar-refractivity contribution < 1.29 is 14.3 Å². The van der Waals surface area contributed by atoms with Crippen molar-refractivity contribution in [2.45, 2.75) is 18.7 Å². The van der Waals surface area contributed by atoms with E-state index in [1.54, 1.807) is 7.11 Å². The summed E-state index contributed by atoms with van der Waals surface area (Å²) < 4.78 is 9.79. The van der Waals surface area contributed by atoms with Gasteiger partial charge in [0, 0.05) is 0 Å². The van der Waals surface area contributed by atoms with Gasteiger partial charge in [-0.2, -0.15) is 0 Å². The first-order valence-corrected chi connectivity index (χ1v) is 5.31. The van der Waals surface area contributed by atoms with Crippen molar-refractivity contribution in [2.75, 3.05) is 14.2 Å². The molecule has 1 aromatic carbocycles. The van der Waals surface area contributed by atoms with Crippen molar-refractivity contribution in [1.82, 2.24) is 0 Å². The summed E-state index contributed by atoms with van der Waals surface area (Å²) in [5.74, 6) is 0.702. The Hall–Kier alpha value is -1.16. The van der Waals surface area contributed by atoms with E-state index in [-0.39, 0.29) is 5.30 Å². The van der Waals surface area contributed by atoms with Crippen LogP contribution in [0.4, 0.5) is 4.79 Å². The van der Waals surface area contributed by atoms with Crippen LogP contribution in [0.15, 0.2) is 17.0 Å². The van der Waals surface area contributed by atoms with E-state index in [1.165, 1.54) is 7.11 Å². The zero-order valence-electron chi connectivity index (χ0n) is 9.29. The van der Waals surface area contributed by atoms with Gasteiger partial charge in [-0.25, -0.2) is 4.79 Å². The Labute approximate surface area is 93.8 Å². The summed E-state index contributed by atoms with van der Waals surface area (Å²) in [5, 5.41) is -0.337. The largest absolute Gasteiger partial charge is 0.496 e. The van der Waals surface area contributed by atoms with Gasteiger partial charge in [0.25, 0.3) is 0 Å². The minimum absolute atomic E-state index is 0.337. The van der Waals surface area contributed by atoms with E-state index in [9.17, 15) is 4.79 Å². The Bertz CT molecular complexity index is 374. The van der Waals surface area contributed by atoms with E-state index in [0.29, 0.717) is 5.75 Å². The molecule has 3 nitrogen and oxygen atoms in total. The number of carbonyl (C=O) groups is 1. The first kappa shape index (κ1) is 11.9. The van der Waals surface area contributed by atoms with Gasteiger partial charge in [-0.3, -0.25) is 0 Å². The lowest BCUT2D eigenvalue weighted by molar-refractivity contribution is 0.200. The molecule has 0 bridgehead atoms. The lowest BCUT2D eigenvalue weighted by Gasteiger charge is -2.09. The lowest BCUT2D eigenvalue weighted by atomic mass is 10.1. The van der Waals surface area contributed by atoms with Gasteiger partial charge < -0.3 is 9.47 Å². The highest BCUT2D eigenvalue weighted by Crippen LogP contribution is 2.32. The molecule has 0 aliphatic heterocycles. The number of rotatable bonds is 2. The van der Waals surface area contributed by atoms with Crippen molar-refractivity contribution in [3.8, 4) is 5.75 Å². The summed E-state index contributed by atoms with van der Waals surface area (Å²) in [7, 11) is 2.95. The lowest BCUT2D eigenvalue weighted by Crippen LogP contribution is -1.95. The number of carbonyl (C=O) groups excluding carboxylic acids is 1. The normalized spacial score (nSPS) is 9.87. The molecule has 0 heterocycles. The molecule has 15 heavy (non-hydrogen) atoms. The maximum absolute atomic E-state index is 11.1. The number of methoxy groups -OCH3 is 2. The van der Waals surface area contributed by atoms with Gasteiger partial charge in [0.2, 0.25) is 0 Å². The van der Waals surface area contributed by atoms with Crippen LogP contribution in [0, 0.1) is 13.8 Å². The highest BCUT2D eigenvalue weighted by molar-refractivity contribution is 8.13. The predicted molar refractivity (Wildman–Crippen MR) is 60.7 cm³/mol. The number of hydrogen-bond donors (Lipinski definition) is 0. The first-order valence-electron chi connectivity index (χ1n) is 4.49. The minimum atomic E-state index is -0.337. The van der Waals surface area contributed by atoms with Gasteiger partial charge in [0.1, 0.15) is 5.75 Å². The summed E-state index contributed by atoms with van der Waals surface area (Å²) in [6.45, 7) is 4.00. The molecule has 4 heteroatoms. The van der Waals surface area contributed by atoms with Crippen LogP contribution in [0.25, 0.3) is 0 Å². The Morgan fingerprint density at radius 2 is 1.80 bits per heavy atom. The van der Waals surface area contributed by atoms with Crippen molar-refractivity contribution in [3.05, 3.63) is 23.3 Å². The van der Waals surface area contributed by atoms with Crippen molar-refractivity contribution in [1.29, 1.82) is 0 Å². The molecule has 0 saturated carbocycles. The smallest absolute Gasteiger partial charge is 0.372 e. The topological polar surface area (TPSA) is 35.5 Å². The maximum Gasteiger partial charge on any atom is 0.372 e. The Kier molecular flexibility index (Phi) is 4.03. The molecule has 0 atom stereocenters. The van der Waals surface area contributed by atoms with Gasteiger partial charge in [0.15, 0.2) is 0 Å². The molecule has 0 radical (unpaired) electrons. The van der Waals surface area contributed by atoms with Gasteiger partial charge in [0.05, 0.1) is 19.1 Å². The molecule has 0 amide bonds. The number of thioether (sulfide) groups is 1. The zero-order valence-corrected chi connectivity index (χ0v) is 10.1. The fourth-order valence-electron chi connectivity index (χ4n) is 1.13. The zero-order chi connectivity index (χ0) is 11.4. The van der Waals surface area contributed by atoms with E-state index < -0.39 is 0 Å². The molecule has 1 rings (SSSR count). The molecular formula is C11H14O3S. The molecule has 0 N–H and O–H groups in total. The highest BCUT2D eigenvalue weighted by atomic mass is 32.2. The van der Waals surface area contributed by atoms with Crippen LogP contribution < -0.4 is 4.74 Å². The third-order valence-electron chi connectivity index (χ3n) is 2.14. The van der Waals surface area contributed by atoms with Crippen LogP contribution in [0.2, 0.25) is 0 Å². The molecule has 0 aliphatic carbocycles. The highest BCUT2D eigenvalue weighted by Gasteiger charge is 2.11. The first-order chi connectivity index (χ1) is 7.08. The van der Waals surface area contributed by atoms with Crippen LogP contribution >= 0.6 is 11.8 Å². The summed E-state index contributed by atoms with van der Waals surface area (Å²) in [6, 6.07) is 3.84. The summed E-state index contributed by atoms with van der Waals surface area (Å²) in [6.07, 6.45) is 0. The SMILES string of the molecule is COC(=O)Sc1cc(C)c(C)cc1OC. The van der Waals surface area contributed by atoms with Gasteiger partial charge in [-0.15, -0.1) is 0 Å². The van der Waals surface area contributed by atoms with E-state index in [4.69, 9.17) is 4.74 Å². The standard InChI is InChI=1S/C11H14O3S/c1-7-5-9(13-3)10(6-8(7)2)15-11(12)14-4/h5-6H,1-4H3. The molecule has 1 aromatic rings. The fraction of sp³-hybridized carbons (Fsp3) is 0.364. The second-order valence-electron chi connectivity index (χ2n) is 3.14. The van der Waals surface area contributed by atoms with E-state index >= 15 is 0 Å². The fourth-order valence-corrected chi connectivity index (χ4v) is 1.88. The monoisotopic (exact) mass is 226 g/mol. The van der Waals surface area contributed by atoms with E-state index in [1.807, 2.05) is 26.0 Å².